The Bertz CT molecular complexity index is 450. The zero-order valence-electron chi connectivity index (χ0n) is 12.3. The van der Waals surface area contributed by atoms with E-state index >= 15 is 0 Å². The molecule has 110 valence electrons. The summed E-state index contributed by atoms with van der Waals surface area (Å²) in [6, 6.07) is 3.51. The third-order valence-electron chi connectivity index (χ3n) is 3.58. The van der Waals surface area contributed by atoms with E-state index in [0.717, 1.165) is 13.1 Å². The number of hydrogen-bond donors (Lipinski definition) is 1. The van der Waals surface area contributed by atoms with Crippen LogP contribution in [-0.2, 0) is 4.74 Å². The molecule has 1 fully saturated rings. The number of aromatic nitrogens is 1. The van der Waals surface area contributed by atoms with Gasteiger partial charge >= 0.3 is 5.97 Å². The predicted molar refractivity (Wildman–Crippen MR) is 78.9 cm³/mol. The summed E-state index contributed by atoms with van der Waals surface area (Å²) in [6.07, 6.45) is 4.15. The molecule has 0 saturated carbocycles. The number of likely N-dealkylation sites (tertiary alicyclic amines) is 1. The van der Waals surface area contributed by atoms with Crippen LogP contribution in [0, 0.1) is 5.92 Å². The highest BCUT2D eigenvalue weighted by Gasteiger charge is 2.18. The van der Waals surface area contributed by atoms with E-state index in [0.29, 0.717) is 23.9 Å². The maximum absolute atomic E-state index is 11.9. The Labute approximate surface area is 120 Å². The number of nitrogens with zero attached hydrogens (tertiary/aromatic N) is 2. The second-order valence-electron chi connectivity index (χ2n) is 5.27. The molecule has 20 heavy (non-hydrogen) atoms. The van der Waals surface area contributed by atoms with Crippen LogP contribution in [-0.4, -0.2) is 49.1 Å². The summed E-state index contributed by atoms with van der Waals surface area (Å²) in [5, 5.41) is 3.30. The highest BCUT2D eigenvalue weighted by molar-refractivity contribution is 5.94. The van der Waals surface area contributed by atoms with Crippen LogP contribution in [0.5, 0.6) is 0 Å². The Hall–Kier alpha value is -1.62. The maximum Gasteiger partial charge on any atom is 0.341 e. The number of pyridine rings is 1. The normalized spacial score (nSPS) is 19.6. The van der Waals surface area contributed by atoms with E-state index < -0.39 is 0 Å². The minimum atomic E-state index is -0.316. The van der Waals surface area contributed by atoms with Gasteiger partial charge < -0.3 is 15.0 Å². The van der Waals surface area contributed by atoms with Gasteiger partial charge in [-0.15, -0.1) is 0 Å². The Morgan fingerprint density at radius 1 is 1.60 bits per heavy atom. The number of nitrogens with one attached hydrogen (secondary N) is 1. The lowest BCUT2D eigenvalue weighted by molar-refractivity contribution is 0.0527. The molecule has 1 atom stereocenters. The van der Waals surface area contributed by atoms with E-state index in [1.807, 2.05) is 0 Å². The summed E-state index contributed by atoms with van der Waals surface area (Å²) in [5.41, 5.74) is 0.513. The van der Waals surface area contributed by atoms with Crippen molar-refractivity contribution in [1.82, 2.24) is 9.88 Å². The van der Waals surface area contributed by atoms with Crippen molar-refractivity contribution in [3.05, 3.63) is 23.9 Å². The van der Waals surface area contributed by atoms with Crippen molar-refractivity contribution in [3.8, 4) is 0 Å². The van der Waals surface area contributed by atoms with E-state index in [1.54, 1.807) is 25.3 Å². The van der Waals surface area contributed by atoms with Gasteiger partial charge in [-0.05, 0) is 51.4 Å². The van der Waals surface area contributed by atoms with Gasteiger partial charge in [0.1, 0.15) is 11.4 Å². The van der Waals surface area contributed by atoms with Gasteiger partial charge in [0.25, 0.3) is 0 Å². The number of esters is 1. The molecule has 2 rings (SSSR count). The Morgan fingerprint density at radius 2 is 2.45 bits per heavy atom. The van der Waals surface area contributed by atoms with Crippen LogP contribution in [0.15, 0.2) is 18.3 Å². The molecule has 0 spiro atoms. The highest BCUT2D eigenvalue weighted by Crippen LogP contribution is 2.18. The van der Waals surface area contributed by atoms with E-state index in [1.165, 1.54) is 19.4 Å². The molecular formula is C15H23N3O2. The van der Waals surface area contributed by atoms with Crippen LogP contribution < -0.4 is 5.32 Å². The van der Waals surface area contributed by atoms with Crippen molar-refractivity contribution >= 4 is 11.8 Å². The first-order valence-corrected chi connectivity index (χ1v) is 7.25. The van der Waals surface area contributed by atoms with Crippen molar-refractivity contribution in [2.24, 2.45) is 5.92 Å². The number of ether oxygens (including phenoxy) is 1. The quantitative estimate of drug-likeness (QED) is 0.834. The molecule has 0 amide bonds. The fraction of sp³-hybridized carbons (Fsp3) is 0.600. The summed E-state index contributed by atoms with van der Waals surface area (Å²) in [7, 11) is 2.15. The van der Waals surface area contributed by atoms with E-state index in [2.05, 4.69) is 22.2 Å². The monoisotopic (exact) mass is 277 g/mol. The molecule has 1 N–H and O–H groups in total. The molecule has 5 heteroatoms. The van der Waals surface area contributed by atoms with Crippen LogP contribution in [0.2, 0.25) is 0 Å². The SMILES string of the molecule is CCOC(=O)c1cccnc1NCC1CCCN(C)C1. The second kappa shape index (κ2) is 7.24. The molecule has 0 radical (unpaired) electrons. The number of hydrogen-bond acceptors (Lipinski definition) is 5. The van der Waals surface area contributed by atoms with Gasteiger partial charge in [-0.1, -0.05) is 0 Å². The smallest absolute Gasteiger partial charge is 0.341 e. The van der Waals surface area contributed by atoms with Gasteiger partial charge in [-0.3, -0.25) is 0 Å². The summed E-state index contributed by atoms with van der Waals surface area (Å²) >= 11 is 0. The largest absolute Gasteiger partial charge is 0.462 e. The average Bonchev–Trinajstić information content (AvgIpc) is 2.46. The highest BCUT2D eigenvalue weighted by atomic mass is 16.5. The molecule has 5 nitrogen and oxygen atoms in total. The summed E-state index contributed by atoms with van der Waals surface area (Å²) in [5.74, 6) is 0.911. The maximum atomic E-state index is 11.9. The van der Waals surface area contributed by atoms with E-state index in [4.69, 9.17) is 4.74 Å². The van der Waals surface area contributed by atoms with Gasteiger partial charge in [0.15, 0.2) is 0 Å². The van der Waals surface area contributed by atoms with Crippen molar-refractivity contribution in [1.29, 1.82) is 0 Å². The Morgan fingerprint density at radius 3 is 3.20 bits per heavy atom. The van der Waals surface area contributed by atoms with Gasteiger partial charge in [-0.2, -0.15) is 0 Å². The minimum Gasteiger partial charge on any atom is -0.462 e. The standard InChI is InChI=1S/C15H23N3O2/c1-3-20-15(19)13-7-4-8-16-14(13)17-10-12-6-5-9-18(2)11-12/h4,7-8,12H,3,5-6,9-11H2,1-2H3,(H,16,17). The van der Waals surface area contributed by atoms with Crippen molar-refractivity contribution in [2.45, 2.75) is 19.8 Å². The van der Waals surface area contributed by atoms with Crippen LogP contribution in [0.25, 0.3) is 0 Å². The lowest BCUT2D eigenvalue weighted by Gasteiger charge is -2.29. The second-order valence-corrected chi connectivity index (χ2v) is 5.27. The van der Waals surface area contributed by atoms with Crippen molar-refractivity contribution in [2.75, 3.05) is 38.6 Å². The van der Waals surface area contributed by atoms with Gasteiger partial charge in [-0.25, -0.2) is 9.78 Å². The molecular weight excluding hydrogens is 254 g/mol. The van der Waals surface area contributed by atoms with Crippen molar-refractivity contribution < 1.29 is 9.53 Å². The van der Waals surface area contributed by atoms with Crippen LogP contribution in [0.3, 0.4) is 0 Å². The zero-order valence-corrected chi connectivity index (χ0v) is 12.3. The minimum absolute atomic E-state index is 0.316. The van der Waals surface area contributed by atoms with Gasteiger partial charge in [0, 0.05) is 19.3 Å². The molecule has 0 aliphatic carbocycles. The molecule has 1 saturated heterocycles. The summed E-state index contributed by atoms with van der Waals surface area (Å²) in [6.45, 7) is 5.29. The number of carbonyl (C=O) groups is 1. The molecule has 2 heterocycles. The predicted octanol–water partition coefficient (Wildman–Crippen LogP) is 2.01. The number of carbonyl (C=O) groups excluding carboxylic acids is 1. The average molecular weight is 277 g/mol. The number of rotatable bonds is 5. The van der Waals surface area contributed by atoms with Crippen LogP contribution in [0.4, 0.5) is 5.82 Å². The van der Waals surface area contributed by atoms with Gasteiger partial charge in [0.2, 0.25) is 0 Å². The number of piperidine rings is 1. The summed E-state index contributed by atoms with van der Waals surface area (Å²) in [4.78, 5) is 18.5. The zero-order chi connectivity index (χ0) is 14.4. The third-order valence-corrected chi connectivity index (χ3v) is 3.58. The fourth-order valence-electron chi connectivity index (χ4n) is 2.60. The third kappa shape index (κ3) is 3.93. The Kier molecular flexibility index (Phi) is 5.35. The van der Waals surface area contributed by atoms with E-state index in [9.17, 15) is 4.79 Å². The Balaban J connectivity index is 1.96. The molecule has 1 unspecified atom stereocenters. The number of anilines is 1. The molecule has 1 aliphatic heterocycles. The fourth-order valence-corrected chi connectivity index (χ4v) is 2.60. The summed E-state index contributed by atoms with van der Waals surface area (Å²) < 4.78 is 5.05. The van der Waals surface area contributed by atoms with Crippen LogP contribution in [0.1, 0.15) is 30.1 Å². The lowest BCUT2D eigenvalue weighted by Crippen LogP contribution is -2.35. The molecule has 1 aliphatic rings. The first-order chi connectivity index (χ1) is 9.70. The molecule has 0 bridgehead atoms. The first-order valence-electron chi connectivity index (χ1n) is 7.25. The first kappa shape index (κ1) is 14.8. The van der Waals surface area contributed by atoms with Crippen molar-refractivity contribution in [3.63, 3.8) is 0 Å². The molecule has 1 aromatic heterocycles. The lowest BCUT2D eigenvalue weighted by atomic mass is 9.98. The topological polar surface area (TPSA) is 54.5 Å². The van der Waals surface area contributed by atoms with Crippen LogP contribution >= 0.6 is 0 Å². The van der Waals surface area contributed by atoms with Gasteiger partial charge in [0.05, 0.1) is 6.61 Å². The van der Waals surface area contributed by atoms with E-state index in [-0.39, 0.29) is 5.97 Å². The molecule has 0 aromatic carbocycles. The molecule has 1 aromatic rings.